The summed E-state index contributed by atoms with van der Waals surface area (Å²) in [5, 5.41) is 0. The zero-order chi connectivity index (χ0) is 7.07. The van der Waals surface area contributed by atoms with E-state index in [1.807, 2.05) is 24.3 Å². The van der Waals surface area contributed by atoms with E-state index in [2.05, 4.69) is 24.3 Å². The lowest BCUT2D eigenvalue weighted by atomic mass is 10.2. The quantitative estimate of drug-likeness (QED) is 0.474. The van der Waals surface area contributed by atoms with E-state index in [4.69, 9.17) is 0 Å². The number of allylic oxidation sites excluding steroid dienone is 8. The second-order valence-corrected chi connectivity index (χ2v) is 2.09. The zero-order valence-corrected chi connectivity index (χ0v) is 5.96. The second kappa shape index (κ2) is 4.80. The molecule has 0 fully saturated rings. The van der Waals surface area contributed by atoms with Gasteiger partial charge in [0.1, 0.15) is 0 Å². The molecule has 0 aromatic heterocycles. The fraction of sp³-hybridized carbons (Fsp3) is 0.200. The van der Waals surface area contributed by atoms with Crippen LogP contribution in [0.15, 0.2) is 42.5 Å². The molecule has 1 rings (SSSR count). The zero-order valence-electron chi connectivity index (χ0n) is 5.96. The Bertz CT molecular complexity index is 160. The summed E-state index contributed by atoms with van der Waals surface area (Å²) in [7, 11) is 0. The minimum Gasteiger partial charge on any atom is -0.0807 e. The first kappa shape index (κ1) is 7.07. The predicted octanol–water partition coefficient (Wildman–Crippen LogP) is 2.81. The highest BCUT2D eigenvalue weighted by atomic mass is 13.8. The van der Waals surface area contributed by atoms with Gasteiger partial charge in [-0.25, -0.2) is 0 Å². The van der Waals surface area contributed by atoms with Gasteiger partial charge in [0.15, 0.2) is 0 Å². The summed E-state index contributed by atoms with van der Waals surface area (Å²) in [5.41, 5.74) is 0. The van der Waals surface area contributed by atoms with Gasteiger partial charge in [0.2, 0.25) is 0 Å². The van der Waals surface area contributed by atoms with Gasteiger partial charge in [0.25, 0.3) is 0 Å². The van der Waals surface area contributed by atoms with Crippen LogP contribution in [0.5, 0.6) is 0 Å². The molecule has 0 N–H and O–H groups in total. The van der Waals surface area contributed by atoms with Crippen molar-refractivity contribution >= 4 is 0 Å². The lowest BCUT2D eigenvalue weighted by molar-refractivity contribution is 1.27. The topological polar surface area (TPSA) is 0 Å². The van der Waals surface area contributed by atoms with E-state index >= 15 is 0 Å². The molecule has 0 bridgehead atoms. The van der Waals surface area contributed by atoms with Crippen LogP contribution in [-0.4, -0.2) is 0 Å². The number of rotatable bonds is 0. The van der Waals surface area contributed by atoms with E-state index < -0.39 is 0 Å². The van der Waals surface area contributed by atoms with E-state index in [-0.39, 0.29) is 0 Å². The summed E-state index contributed by atoms with van der Waals surface area (Å²) in [6, 6.07) is 0. The first-order chi connectivity index (χ1) is 5.00. The highest BCUT2D eigenvalue weighted by Crippen LogP contribution is 1.93. The van der Waals surface area contributed by atoms with E-state index in [0.717, 1.165) is 12.8 Å². The van der Waals surface area contributed by atoms with Crippen molar-refractivity contribution in [2.24, 2.45) is 0 Å². The molecule has 1 aliphatic rings. The number of hydrogen-bond acceptors (Lipinski definition) is 0. The molecule has 0 spiro atoms. The molecule has 0 saturated carbocycles. The fourth-order valence-electron chi connectivity index (χ4n) is 0.735. The fourth-order valence-corrected chi connectivity index (χ4v) is 0.735. The summed E-state index contributed by atoms with van der Waals surface area (Å²) in [4.78, 5) is 0. The Hall–Kier alpha value is -1.04. The van der Waals surface area contributed by atoms with Crippen molar-refractivity contribution in [3.63, 3.8) is 0 Å². The van der Waals surface area contributed by atoms with Crippen LogP contribution in [0.4, 0.5) is 0 Å². The Morgan fingerprint density at radius 1 is 0.900 bits per heavy atom. The van der Waals surface area contributed by atoms with Crippen molar-refractivity contribution in [1.29, 1.82) is 0 Å². The van der Waals surface area contributed by atoms with Crippen LogP contribution in [-0.2, 0) is 0 Å². The van der Waals surface area contributed by atoms with Crippen molar-refractivity contribution in [1.82, 2.24) is 0 Å². The summed E-state index contributed by atoms with van der Waals surface area (Å²) < 4.78 is 0. The van der Waals surface area contributed by atoms with Gasteiger partial charge in [-0.05, 0) is 18.9 Å². The Labute approximate surface area is 62.3 Å². The average Bonchev–Trinajstić information content (AvgIpc) is 2.01. The van der Waals surface area contributed by atoms with Crippen molar-refractivity contribution in [3.8, 4) is 0 Å². The van der Waals surface area contributed by atoms with E-state index in [1.165, 1.54) is 0 Å². The van der Waals surface area contributed by atoms with Gasteiger partial charge in [-0.1, -0.05) is 42.5 Å². The molecule has 0 heteroatoms. The molecule has 0 nitrogen and oxygen atoms in total. The third kappa shape index (κ3) is 3.08. The van der Waals surface area contributed by atoms with Gasteiger partial charge in [-0.2, -0.15) is 0 Å². The largest absolute Gasteiger partial charge is 0.0807 e. The molecule has 51 valence electrons. The van der Waals surface area contributed by atoms with E-state index in [0.29, 0.717) is 0 Å². The highest BCUT2D eigenvalue weighted by molar-refractivity contribution is 5.13. The van der Waals surface area contributed by atoms with Gasteiger partial charge in [-0.15, -0.1) is 0 Å². The smallest absolute Gasteiger partial charge is 0.00946 e. The van der Waals surface area contributed by atoms with Gasteiger partial charge < -0.3 is 0 Å². The minimum absolute atomic E-state index is 0.929. The Morgan fingerprint density at radius 3 is 2.60 bits per heavy atom. The molecular formula is C10H11. The molecule has 1 aliphatic carbocycles. The predicted molar refractivity (Wildman–Crippen MR) is 44.5 cm³/mol. The monoisotopic (exact) mass is 131 g/mol. The van der Waals surface area contributed by atoms with Crippen LogP contribution >= 0.6 is 0 Å². The average molecular weight is 131 g/mol. The standard InChI is InChI=1S/C10H11/c1-2-4-6-8-10-9-7-5-3-1/h1-6,9H,7-8H2. The van der Waals surface area contributed by atoms with Gasteiger partial charge in [-0.3, -0.25) is 0 Å². The van der Waals surface area contributed by atoms with Gasteiger partial charge in [0.05, 0.1) is 0 Å². The maximum atomic E-state index is 3.16. The van der Waals surface area contributed by atoms with Crippen LogP contribution in [0.3, 0.4) is 0 Å². The van der Waals surface area contributed by atoms with E-state index in [1.54, 1.807) is 0 Å². The molecule has 0 unspecified atom stereocenters. The molecule has 0 aromatic carbocycles. The van der Waals surface area contributed by atoms with Crippen LogP contribution in [0.1, 0.15) is 12.8 Å². The first-order valence-corrected chi connectivity index (χ1v) is 3.53. The number of hydrogen-bond donors (Lipinski definition) is 0. The first-order valence-electron chi connectivity index (χ1n) is 3.53. The summed E-state index contributed by atoms with van der Waals surface area (Å²) in [6.07, 6.45) is 19.5. The van der Waals surface area contributed by atoms with Crippen molar-refractivity contribution < 1.29 is 0 Å². The van der Waals surface area contributed by atoms with Crippen molar-refractivity contribution in [3.05, 3.63) is 48.6 Å². The lowest BCUT2D eigenvalue weighted by Gasteiger charge is -1.83. The van der Waals surface area contributed by atoms with Gasteiger partial charge in [0, 0.05) is 0 Å². The Kier molecular flexibility index (Phi) is 3.40. The normalized spacial score (nSPS) is 17.6. The van der Waals surface area contributed by atoms with Crippen molar-refractivity contribution in [2.45, 2.75) is 12.8 Å². The lowest BCUT2D eigenvalue weighted by Crippen LogP contribution is -1.63. The summed E-state index contributed by atoms with van der Waals surface area (Å²) in [6.45, 7) is 0. The molecule has 0 aromatic rings. The highest BCUT2D eigenvalue weighted by Gasteiger charge is 1.73. The molecular weight excluding hydrogens is 120 g/mol. The second-order valence-electron chi connectivity index (χ2n) is 2.09. The Balaban J connectivity index is 2.51. The third-order valence-corrected chi connectivity index (χ3v) is 1.24. The summed E-state index contributed by atoms with van der Waals surface area (Å²) >= 11 is 0. The molecule has 0 amide bonds. The Morgan fingerprint density at radius 2 is 1.70 bits per heavy atom. The van der Waals surface area contributed by atoms with E-state index in [9.17, 15) is 0 Å². The van der Waals surface area contributed by atoms with Crippen LogP contribution < -0.4 is 0 Å². The molecule has 0 aliphatic heterocycles. The van der Waals surface area contributed by atoms with Crippen molar-refractivity contribution in [2.75, 3.05) is 0 Å². The minimum atomic E-state index is 0.929. The third-order valence-electron chi connectivity index (χ3n) is 1.24. The molecule has 0 heterocycles. The maximum Gasteiger partial charge on any atom is -0.00946 e. The SMILES string of the molecule is [C]1=CCC=CC=CC=CC1. The van der Waals surface area contributed by atoms with Crippen LogP contribution in [0.25, 0.3) is 0 Å². The maximum absolute atomic E-state index is 3.16. The molecule has 10 heavy (non-hydrogen) atoms. The van der Waals surface area contributed by atoms with Crippen LogP contribution in [0.2, 0.25) is 0 Å². The van der Waals surface area contributed by atoms with Gasteiger partial charge >= 0.3 is 0 Å². The molecule has 0 atom stereocenters. The molecule has 1 radical (unpaired) electrons. The van der Waals surface area contributed by atoms with Crippen LogP contribution in [0, 0.1) is 6.08 Å². The molecule has 0 saturated heterocycles. The summed E-state index contributed by atoms with van der Waals surface area (Å²) in [5.74, 6) is 0.